The molecule has 0 radical (unpaired) electrons. The van der Waals surface area contributed by atoms with Crippen LogP contribution >= 0.6 is 0 Å². The van der Waals surface area contributed by atoms with E-state index in [-0.39, 0.29) is 0 Å². The van der Waals surface area contributed by atoms with E-state index < -0.39 is 0 Å². The first-order valence-electron chi connectivity index (χ1n) is 6.50. The highest BCUT2D eigenvalue weighted by molar-refractivity contribution is 5.76. The molecule has 1 aliphatic rings. The van der Waals surface area contributed by atoms with E-state index in [0.717, 1.165) is 25.9 Å². The summed E-state index contributed by atoms with van der Waals surface area (Å²) >= 11 is 0. The lowest BCUT2D eigenvalue weighted by Crippen LogP contribution is -2.32. The van der Waals surface area contributed by atoms with Crippen molar-refractivity contribution in [3.05, 3.63) is 0 Å². The van der Waals surface area contributed by atoms with Gasteiger partial charge in [-0.05, 0) is 37.1 Å². The van der Waals surface area contributed by atoms with Gasteiger partial charge < -0.3 is 10.6 Å². The first kappa shape index (κ1) is 13.5. The van der Waals surface area contributed by atoms with Crippen LogP contribution in [0.3, 0.4) is 0 Å². The summed E-state index contributed by atoms with van der Waals surface area (Å²) < 4.78 is 0. The highest BCUT2D eigenvalue weighted by Gasteiger charge is 2.25. The van der Waals surface area contributed by atoms with Crippen molar-refractivity contribution in [2.75, 3.05) is 19.6 Å². The molecule has 16 heavy (non-hydrogen) atoms. The van der Waals surface area contributed by atoms with Crippen LogP contribution in [-0.2, 0) is 4.79 Å². The van der Waals surface area contributed by atoms with E-state index in [4.69, 9.17) is 5.73 Å². The van der Waals surface area contributed by atoms with Gasteiger partial charge in [-0.2, -0.15) is 0 Å². The minimum absolute atomic E-state index is 0.306. The molecule has 1 unspecified atom stereocenters. The zero-order valence-electron chi connectivity index (χ0n) is 10.9. The minimum atomic E-state index is 0.306. The number of nitrogens with zero attached hydrogens (tertiary/aromatic N) is 1. The molecule has 3 nitrogen and oxygen atoms in total. The average Bonchev–Trinajstić information content (AvgIpc) is 2.63. The Hall–Kier alpha value is -0.570. The Labute approximate surface area is 99.4 Å². The van der Waals surface area contributed by atoms with Crippen LogP contribution in [0.1, 0.15) is 40.0 Å². The molecule has 0 aromatic carbocycles. The Bertz CT molecular complexity index is 228. The Balaban J connectivity index is 2.36. The summed E-state index contributed by atoms with van der Waals surface area (Å²) in [5.41, 5.74) is 5.72. The number of amides is 1. The predicted octanol–water partition coefficient (Wildman–Crippen LogP) is 1.87. The van der Waals surface area contributed by atoms with E-state index in [9.17, 15) is 4.79 Å². The third-order valence-electron chi connectivity index (χ3n) is 3.38. The minimum Gasteiger partial charge on any atom is -0.342 e. The number of nitrogens with two attached hydrogens (primary N) is 1. The summed E-state index contributed by atoms with van der Waals surface area (Å²) in [6.07, 6.45) is 2.86. The molecule has 1 fully saturated rings. The first-order valence-corrected chi connectivity index (χ1v) is 6.50. The van der Waals surface area contributed by atoms with Crippen molar-refractivity contribution in [1.29, 1.82) is 0 Å². The molecule has 0 saturated carbocycles. The van der Waals surface area contributed by atoms with E-state index in [0.29, 0.717) is 36.6 Å². The van der Waals surface area contributed by atoms with Crippen molar-refractivity contribution >= 4 is 5.91 Å². The fourth-order valence-corrected chi connectivity index (χ4v) is 2.47. The summed E-state index contributed by atoms with van der Waals surface area (Å²) in [6.45, 7) is 9.10. The van der Waals surface area contributed by atoms with E-state index in [1.165, 1.54) is 0 Å². The zero-order valence-corrected chi connectivity index (χ0v) is 10.9. The van der Waals surface area contributed by atoms with Gasteiger partial charge in [0.25, 0.3) is 0 Å². The zero-order chi connectivity index (χ0) is 12.1. The van der Waals surface area contributed by atoms with Crippen LogP contribution in [0.5, 0.6) is 0 Å². The largest absolute Gasteiger partial charge is 0.342 e. The van der Waals surface area contributed by atoms with Gasteiger partial charge in [-0.25, -0.2) is 0 Å². The number of hydrogen-bond acceptors (Lipinski definition) is 2. The van der Waals surface area contributed by atoms with Gasteiger partial charge in [0, 0.05) is 19.5 Å². The van der Waals surface area contributed by atoms with E-state index in [1.807, 2.05) is 4.90 Å². The molecule has 0 aliphatic carbocycles. The molecule has 2 atom stereocenters. The third-order valence-corrected chi connectivity index (χ3v) is 3.38. The number of likely N-dealkylation sites (tertiary alicyclic amines) is 1. The number of carbonyl (C=O) groups excluding carboxylic acids is 1. The molecular formula is C13H26N2O. The van der Waals surface area contributed by atoms with Gasteiger partial charge >= 0.3 is 0 Å². The smallest absolute Gasteiger partial charge is 0.222 e. The van der Waals surface area contributed by atoms with Gasteiger partial charge in [-0.1, -0.05) is 20.8 Å². The first-order chi connectivity index (χ1) is 7.52. The predicted molar refractivity (Wildman–Crippen MR) is 67.0 cm³/mol. The highest BCUT2D eigenvalue weighted by atomic mass is 16.2. The molecule has 0 bridgehead atoms. The summed E-state index contributed by atoms with van der Waals surface area (Å²) in [6, 6.07) is 0. The second-order valence-electron chi connectivity index (χ2n) is 5.67. The normalized spacial score (nSPS) is 22.8. The quantitative estimate of drug-likeness (QED) is 0.778. The molecule has 1 saturated heterocycles. The molecule has 0 aromatic rings. The van der Waals surface area contributed by atoms with Gasteiger partial charge in [0.1, 0.15) is 0 Å². The second-order valence-corrected chi connectivity index (χ2v) is 5.67. The second kappa shape index (κ2) is 6.24. The van der Waals surface area contributed by atoms with Crippen molar-refractivity contribution in [3.63, 3.8) is 0 Å². The summed E-state index contributed by atoms with van der Waals surface area (Å²) in [7, 11) is 0. The van der Waals surface area contributed by atoms with E-state index >= 15 is 0 Å². The molecular weight excluding hydrogens is 200 g/mol. The molecule has 0 spiro atoms. The van der Waals surface area contributed by atoms with Crippen LogP contribution in [0.2, 0.25) is 0 Å². The van der Waals surface area contributed by atoms with Gasteiger partial charge in [-0.15, -0.1) is 0 Å². The molecule has 0 aromatic heterocycles. The van der Waals surface area contributed by atoms with Crippen LogP contribution < -0.4 is 5.73 Å². The molecule has 1 amide bonds. The van der Waals surface area contributed by atoms with Crippen LogP contribution in [0.4, 0.5) is 0 Å². The highest BCUT2D eigenvalue weighted by Crippen LogP contribution is 2.20. The lowest BCUT2D eigenvalue weighted by Gasteiger charge is -2.21. The van der Waals surface area contributed by atoms with Gasteiger partial charge in [-0.3, -0.25) is 4.79 Å². The van der Waals surface area contributed by atoms with E-state index in [2.05, 4.69) is 20.8 Å². The van der Waals surface area contributed by atoms with Crippen LogP contribution in [-0.4, -0.2) is 30.4 Å². The lowest BCUT2D eigenvalue weighted by atomic mass is 9.94. The molecule has 2 N–H and O–H groups in total. The molecule has 3 heteroatoms. The Morgan fingerprint density at radius 1 is 1.50 bits per heavy atom. The molecule has 1 rings (SSSR count). The number of hydrogen-bond donors (Lipinski definition) is 1. The summed E-state index contributed by atoms with van der Waals surface area (Å²) in [5, 5.41) is 0. The molecule has 94 valence electrons. The SMILES string of the molecule is CC(C)C[C@H](CN)CC(=O)N1CCC(C)C1. The van der Waals surface area contributed by atoms with Crippen LogP contribution in [0, 0.1) is 17.8 Å². The van der Waals surface area contributed by atoms with Crippen molar-refractivity contribution in [3.8, 4) is 0 Å². The van der Waals surface area contributed by atoms with Crippen molar-refractivity contribution in [2.45, 2.75) is 40.0 Å². The lowest BCUT2D eigenvalue weighted by molar-refractivity contribution is -0.131. The van der Waals surface area contributed by atoms with E-state index in [1.54, 1.807) is 0 Å². The number of rotatable bonds is 5. The fourth-order valence-electron chi connectivity index (χ4n) is 2.47. The topological polar surface area (TPSA) is 46.3 Å². The number of carbonyl (C=O) groups is 1. The van der Waals surface area contributed by atoms with Gasteiger partial charge in [0.2, 0.25) is 5.91 Å². The Morgan fingerprint density at radius 3 is 2.62 bits per heavy atom. The Morgan fingerprint density at radius 2 is 2.19 bits per heavy atom. The summed E-state index contributed by atoms with van der Waals surface area (Å²) in [4.78, 5) is 14.0. The monoisotopic (exact) mass is 226 g/mol. The average molecular weight is 226 g/mol. The maximum absolute atomic E-state index is 12.0. The van der Waals surface area contributed by atoms with Gasteiger partial charge in [0.05, 0.1) is 0 Å². The van der Waals surface area contributed by atoms with Crippen LogP contribution in [0.15, 0.2) is 0 Å². The molecule has 1 heterocycles. The molecule has 1 aliphatic heterocycles. The van der Waals surface area contributed by atoms with Crippen LogP contribution in [0.25, 0.3) is 0 Å². The summed E-state index contributed by atoms with van der Waals surface area (Å²) in [5.74, 6) is 1.97. The maximum Gasteiger partial charge on any atom is 0.222 e. The Kier molecular flexibility index (Phi) is 5.26. The fraction of sp³-hybridized carbons (Fsp3) is 0.923. The van der Waals surface area contributed by atoms with Crippen molar-refractivity contribution in [2.24, 2.45) is 23.5 Å². The van der Waals surface area contributed by atoms with Crippen molar-refractivity contribution in [1.82, 2.24) is 4.90 Å². The van der Waals surface area contributed by atoms with Gasteiger partial charge in [0.15, 0.2) is 0 Å². The standard InChI is InChI=1S/C13H26N2O/c1-10(2)6-12(8-14)7-13(16)15-5-4-11(3)9-15/h10-12H,4-9,14H2,1-3H3/t11?,12-/m0/s1. The van der Waals surface area contributed by atoms with Crippen molar-refractivity contribution < 1.29 is 4.79 Å². The third kappa shape index (κ3) is 4.12. The maximum atomic E-state index is 12.0.